The molecule has 0 bridgehead atoms. The van der Waals surface area contributed by atoms with E-state index in [2.05, 4.69) is 5.32 Å². The Labute approximate surface area is 181 Å². The lowest BCUT2D eigenvalue weighted by Crippen LogP contribution is -2.42. The smallest absolute Gasteiger partial charge is 0.264 e. The molecular weight excluding hydrogens is 414 g/mol. The fourth-order valence-corrected chi connectivity index (χ4v) is 4.71. The predicted octanol–water partition coefficient (Wildman–Crippen LogP) is 3.42. The van der Waals surface area contributed by atoms with Crippen LogP contribution in [-0.2, 0) is 14.8 Å². The van der Waals surface area contributed by atoms with Gasteiger partial charge in [0.25, 0.3) is 15.9 Å². The van der Waals surface area contributed by atoms with Gasteiger partial charge in [0.15, 0.2) is 0 Å². The van der Waals surface area contributed by atoms with Gasteiger partial charge in [-0.2, -0.15) is 0 Å². The lowest BCUT2D eigenvalue weighted by atomic mass is 10.1. The fraction of sp³-hybridized carbons (Fsp3) is 0.130. The summed E-state index contributed by atoms with van der Waals surface area (Å²) in [5.41, 5.74) is 2.75. The second-order valence-electron chi connectivity index (χ2n) is 7.30. The van der Waals surface area contributed by atoms with Crippen molar-refractivity contribution < 1.29 is 18.0 Å². The van der Waals surface area contributed by atoms with E-state index in [9.17, 15) is 18.0 Å². The molecule has 0 spiro atoms. The van der Waals surface area contributed by atoms with Gasteiger partial charge in [0.05, 0.1) is 22.0 Å². The Hall–Kier alpha value is -3.65. The third kappa shape index (κ3) is 3.89. The van der Waals surface area contributed by atoms with Crippen LogP contribution in [0.15, 0.2) is 77.7 Å². The highest BCUT2D eigenvalue weighted by molar-refractivity contribution is 7.92. The first-order chi connectivity index (χ1) is 14.8. The molecular formula is C23H21N3O4S. The van der Waals surface area contributed by atoms with Crippen molar-refractivity contribution in [3.05, 3.63) is 83.9 Å². The Balaban J connectivity index is 1.69. The molecule has 1 aliphatic rings. The number of sulfonamides is 1. The highest BCUT2D eigenvalue weighted by Gasteiger charge is 2.29. The number of para-hydroxylation sites is 2. The first kappa shape index (κ1) is 20.6. The van der Waals surface area contributed by atoms with Crippen LogP contribution in [0.2, 0.25) is 0 Å². The quantitative estimate of drug-likeness (QED) is 0.680. The van der Waals surface area contributed by atoms with Crippen LogP contribution in [0.3, 0.4) is 0 Å². The van der Waals surface area contributed by atoms with Crippen molar-refractivity contribution in [3.8, 4) is 0 Å². The number of anilines is 3. The van der Waals surface area contributed by atoms with Gasteiger partial charge in [0, 0.05) is 12.6 Å². The van der Waals surface area contributed by atoms with Crippen LogP contribution in [0.5, 0.6) is 0 Å². The van der Waals surface area contributed by atoms with Gasteiger partial charge < -0.3 is 5.32 Å². The molecule has 1 heterocycles. The lowest BCUT2D eigenvalue weighted by molar-refractivity contribution is -0.115. The van der Waals surface area contributed by atoms with Gasteiger partial charge in [-0.15, -0.1) is 0 Å². The number of rotatable bonds is 4. The topological polar surface area (TPSA) is 86.8 Å². The maximum Gasteiger partial charge on any atom is 0.264 e. The highest BCUT2D eigenvalue weighted by atomic mass is 32.2. The Kier molecular flexibility index (Phi) is 5.24. The number of carbonyl (C=O) groups is 2. The van der Waals surface area contributed by atoms with Crippen molar-refractivity contribution >= 4 is 38.9 Å². The fourth-order valence-electron chi connectivity index (χ4n) is 3.48. The molecule has 3 aromatic rings. The van der Waals surface area contributed by atoms with Crippen LogP contribution in [0, 0.1) is 6.92 Å². The standard InChI is InChI=1S/C23H21N3O4S/c1-16-7-5-9-18(13-16)25(2)31(29,30)19-10-6-8-17(14-19)23(28)26-15-22(27)24-20-11-3-4-12-21(20)26/h3-14H,15H2,1-2H3,(H,24,27). The molecule has 0 atom stereocenters. The summed E-state index contributed by atoms with van der Waals surface area (Å²) in [7, 11) is -2.41. The average molecular weight is 436 g/mol. The molecule has 0 unspecified atom stereocenters. The molecule has 3 aromatic carbocycles. The molecule has 0 aromatic heterocycles. The number of aryl methyl sites for hydroxylation is 1. The molecule has 4 rings (SSSR count). The SMILES string of the molecule is Cc1cccc(N(C)S(=O)(=O)c2cccc(C(=O)N3CC(=O)Nc4ccccc43)c2)c1. The molecule has 0 saturated heterocycles. The monoisotopic (exact) mass is 435 g/mol. The van der Waals surface area contributed by atoms with Crippen LogP contribution in [-0.4, -0.2) is 33.8 Å². The molecule has 1 N–H and O–H groups in total. The van der Waals surface area contributed by atoms with E-state index in [1.54, 1.807) is 48.5 Å². The van der Waals surface area contributed by atoms with Crippen molar-refractivity contribution in [1.82, 2.24) is 0 Å². The predicted molar refractivity (Wildman–Crippen MR) is 120 cm³/mol. The second kappa shape index (κ2) is 7.88. The number of nitrogens with one attached hydrogen (secondary N) is 1. The van der Waals surface area contributed by atoms with Crippen molar-refractivity contribution in [1.29, 1.82) is 0 Å². The van der Waals surface area contributed by atoms with Gasteiger partial charge in [-0.3, -0.25) is 18.8 Å². The zero-order valence-electron chi connectivity index (χ0n) is 17.1. The van der Waals surface area contributed by atoms with Crippen molar-refractivity contribution in [3.63, 3.8) is 0 Å². The summed E-state index contributed by atoms with van der Waals surface area (Å²) in [6.45, 7) is 1.74. The molecule has 0 aliphatic carbocycles. The summed E-state index contributed by atoms with van der Waals surface area (Å²) in [4.78, 5) is 26.6. The molecule has 2 amide bonds. The third-order valence-electron chi connectivity index (χ3n) is 5.12. The van der Waals surface area contributed by atoms with Crippen LogP contribution >= 0.6 is 0 Å². The van der Waals surface area contributed by atoms with E-state index >= 15 is 0 Å². The second-order valence-corrected chi connectivity index (χ2v) is 9.27. The minimum atomic E-state index is -3.88. The Morgan fingerprint density at radius 1 is 1.00 bits per heavy atom. The number of nitrogens with zero attached hydrogens (tertiary/aromatic N) is 2. The number of amides is 2. The molecule has 1 aliphatic heterocycles. The van der Waals surface area contributed by atoms with E-state index in [0.717, 1.165) is 5.56 Å². The Morgan fingerprint density at radius 2 is 1.74 bits per heavy atom. The molecule has 0 saturated carbocycles. The zero-order chi connectivity index (χ0) is 22.2. The first-order valence-corrected chi connectivity index (χ1v) is 11.1. The van der Waals surface area contributed by atoms with E-state index < -0.39 is 15.9 Å². The maximum atomic E-state index is 13.2. The van der Waals surface area contributed by atoms with Gasteiger partial charge >= 0.3 is 0 Å². The zero-order valence-corrected chi connectivity index (χ0v) is 17.9. The minimum Gasteiger partial charge on any atom is -0.323 e. The van der Waals surface area contributed by atoms with Crippen molar-refractivity contribution in [2.75, 3.05) is 28.1 Å². The van der Waals surface area contributed by atoms with E-state index in [-0.39, 0.29) is 22.9 Å². The molecule has 31 heavy (non-hydrogen) atoms. The summed E-state index contributed by atoms with van der Waals surface area (Å²) < 4.78 is 27.6. The number of hydrogen-bond donors (Lipinski definition) is 1. The normalized spacial score (nSPS) is 13.4. The third-order valence-corrected chi connectivity index (χ3v) is 6.90. The van der Waals surface area contributed by atoms with Crippen LogP contribution in [0.25, 0.3) is 0 Å². The molecule has 8 heteroatoms. The Morgan fingerprint density at radius 3 is 2.52 bits per heavy atom. The van der Waals surface area contributed by atoms with Gasteiger partial charge in [-0.05, 0) is 55.0 Å². The van der Waals surface area contributed by atoms with Gasteiger partial charge in [-0.1, -0.05) is 30.3 Å². The largest absolute Gasteiger partial charge is 0.323 e. The van der Waals surface area contributed by atoms with E-state index in [1.807, 2.05) is 13.0 Å². The van der Waals surface area contributed by atoms with E-state index in [0.29, 0.717) is 17.1 Å². The number of carbonyl (C=O) groups excluding carboxylic acids is 2. The summed E-state index contributed by atoms with van der Waals surface area (Å²) in [5.74, 6) is -0.757. The van der Waals surface area contributed by atoms with Gasteiger partial charge in [-0.25, -0.2) is 8.42 Å². The van der Waals surface area contributed by atoms with Crippen molar-refractivity contribution in [2.24, 2.45) is 0 Å². The van der Waals surface area contributed by atoms with E-state index in [1.165, 1.54) is 34.5 Å². The van der Waals surface area contributed by atoms with Gasteiger partial charge in [0.2, 0.25) is 5.91 Å². The van der Waals surface area contributed by atoms with Crippen LogP contribution < -0.4 is 14.5 Å². The molecule has 0 radical (unpaired) electrons. The van der Waals surface area contributed by atoms with Crippen LogP contribution in [0.4, 0.5) is 17.1 Å². The summed E-state index contributed by atoms with van der Waals surface area (Å²) in [6, 6.07) is 20.0. The van der Waals surface area contributed by atoms with Gasteiger partial charge in [0.1, 0.15) is 6.54 Å². The first-order valence-electron chi connectivity index (χ1n) is 9.64. The molecule has 158 valence electrons. The number of fused-ring (bicyclic) bond motifs is 1. The summed E-state index contributed by atoms with van der Waals surface area (Å²) in [6.07, 6.45) is 0. The molecule has 0 fully saturated rings. The lowest BCUT2D eigenvalue weighted by Gasteiger charge is -2.29. The number of hydrogen-bond acceptors (Lipinski definition) is 4. The number of benzene rings is 3. The van der Waals surface area contributed by atoms with Crippen LogP contribution in [0.1, 0.15) is 15.9 Å². The molecule has 7 nitrogen and oxygen atoms in total. The van der Waals surface area contributed by atoms with Crippen molar-refractivity contribution in [2.45, 2.75) is 11.8 Å². The average Bonchev–Trinajstić information content (AvgIpc) is 2.77. The maximum absolute atomic E-state index is 13.2. The summed E-state index contributed by atoms with van der Waals surface area (Å²) >= 11 is 0. The summed E-state index contributed by atoms with van der Waals surface area (Å²) in [5, 5.41) is 2.73. The highest BCUT2D eigenvalue weighted by Crippen LogP contribution is 2.31. The van der Waals surface area contributed by atoms with E-state index in [4.69, 9.17) is 0 Å². The minimum absolute atomic E-state index is 0.00268. The Bertz CT molecular complexity index is 1290.